The number of hydrogen-bond donors (Lipinski definition) is 1. The number of urea groups is 1. The molecular formula is C17H19N4NaO7S. The van der Waals surface area contributed by atoms with E-state index in [0.29, 0.717) is 12.1 Å². The fraction of sp³-hybridized carbons (Fsp3) is 0.294. The van der Waals surface area contributed by atoms with Gasteiger partial charge in [-0.15, -0.1) is 0 Å². The van der Waals surface area contributed by atoms with Crippen molar-refractivity contribution in [3.8, 4) is 11.6 Å². The number of nitrogens with one attached hydrogen (secondary N) is 1. The summed E-state index contributed by atoms with van der Waals surface area (Å²) < 4.78 is 41.9. The second kappa shape index (κ2) is 11.7. The molecule has 0 radical (unpaired) electrons. The van der Waals surface area contributed by atoms with Crippen molar-refractivity contribution in [2.45, 2.75) is 20.3 Å². The smallest absolute Gasteiger partial charge is 0.481 e. The molecule has 1 N–H and O–H groups in total. The van der Waals surface area contributed by atoms with E-state index < -0.39 is 22.3 Å². The average molecular weight is 446 g/mol. The Morgan fingerprint density at radius 2 is 1.90 bits per heavy atom. The maximum Gasteiger partial charge on any atom is 1.00 e. The van der Waals surface area contributed by atoms with Crippen molar-refractivity contribution >= 4 is 28.3 Å². The van der Waals surface area contributed by atoms with Crippen molar-refractivity contribution < 1.29 is 61.2 Å². The number of nitrogens with zero attached hydrogens (tertiary/aromatic N) is 3. The molecule has 0 aliphatic heterocycles. The topological polar surface area (TPSA) is 148 Å². The molecule has 13 heteroatoms. The first-order valence-electron chi connectivity index (χ1n) is 8.38. The number of aromatic nitrogens is 2. The quantitative estimate of drug-likeness (QED) is 0.422. The summed E-state index contributed by atoms with van der Waals surface area (Å²) >= 11 is 0. The molecule has 0 unspecified atom stereocenters. The number of hydrogen-bond acceptors (Lipinski definition) is 9. The molecule has 0 bridgehead atoms. The fourth-order valence-electron chi connectivity index (χ4n) is 2.03. The zero-order chi connectivity index (χ0) is 21.4. The first-order valence-corrected chi connectivity index (χ1v) is 9.75. The summed E-state index contributed by atoms with van der Waals surface area (Å²) in [5.74, 6) is -1.11. The zero-order valence-corrected chi connectivity index (χ0v) is 19.7. The Morgan fingerprint density at radius 3 is 2.57 bits per heavy atom. The Kier molecular flexibility index (Phi) is 9.99. The maximum absolute atomic E-state index is 12.1. The molecule has 0 fully saturated rings. The molecule has 2 amide bonds. The van der Waals surface area contributed by atoms with Crippen molar-refractivity contribution in [2.24, 2.45) is 0 Å². The fourth-order valence-corrected chi connectivity index (χ4v) is 2.69. The average Bonchev–Trinajstić information content (AvgIpc) is 2.65. The Balaban J connectivity index is 0.00000450. The van der Waals surface area contributed by atoms with Gasteiger partial charge in [0.25, 0.3) is 0 Å². The third-order valence-electron chi connectivity index (χ3n) is 3.19. The van der Waals surface area contributed by atoms with Crippen LogP contribution in [0, 0.1) is 6.92 Å². The van der Waals surface area contributed by atoms with E-state index in [1.807, 2.05) is 6.92 Å². The van der Waals surface area contributed by atoms with E-state index in [9.17, 15) is 18.0 Å². The largest absolute Gasteiger partial charge is 1.00 e. The monoisotopic (exact) mass is 446 g/mol. The van der Waals surface area contributed by atoms with E-state index in [4.69, 9.17) is 13.7 Å². The van der Waals surface area contributed by atoms with Crippen molar-refractivity contribution in [1.29, 1.82) is 0 Å². The number of carbonyl (C=O) groups is 2. The van der Waals surface area contributed by atoms with Gasteiger partial charge in [0.2, 0.25) is 5.88 Å². The number of para-hydroxylation sites is 1. The number of rotatable bonds is 8. The summed E-state index contributed by atoms with van der Waals surface area (Å²) in [6.07, 6.45) is 0.592. The minimum absolute atomic E-state index is 0. The minimum atomic E-state index is -4.74. The van der Waals surface area contributed by atoms with E-state index in [1.165, 1.54) is 37.4 Å². The summed E-state index contributed by atoms with van der Waals surface area (Å²) in [5.41, 5.74) is 0.359. The minimum Gasteiger partial charge on any atom is -0.481 e. The summed E-state index contributed by atoms with van der Waals surface area (Å²) in [5, 5.41) is 2.11. The van der Waals surface area contributed by atoms with E-state index in [0.717, 1.165) is 0 Å². The van der Waals surface area contributed by atoms with Gasteiger partial charge in [-0.25, -0.2) is 9.78 Å². The van der Waals surface area contributed by atoms with Crippen molar-refractivity contribution in [2.75, 3.05) is 19.0 Å². The molecule has 11 nitrogen and oxygen atoms in total. The first kappa shape index (κ1) is 25.6. The number of ether oxygens (including phenoxy) is 2. The van der Waals surface area contributed by atoms with Gasteiger partial charge >= 0.3 is 45.8 Å². The first-order chi connectivity index (χ1) is 13.7. The SMILES string of the molecule is CCCOC(=O)c1ccccc1OS(=O)(=O)[N-]C(=O)Nc1nc(C)cc(OC)n1.[Na+]. The summed E-state index contributed by atoms with van der Waals surface area (Å²) in [4.78, 5) is 31.7. The van der Waals surface area contributed by atoms with Gasteiger partial charge in [0, 0.05) is 11.8 Å². The number of benzene rings is 1. The molecule has 0 aliphatic rings. The number of esters is 1. The Morgan fingerprint density at radius 1 is 1.20 bits per heavy atom. The van der Waals surface area contributed by atoms with Crippen LogP contribution in [0.3, 0.4) is 0 Å². The molecule has 1 aromatic carbocycles. The van der Waals surface area contributed by atoms with Gasteiger partial charge in [0.05, 0.1) is 13.7 Å². The predicted octanol–water partition coefficient (Wildman–Crippen LogP) is -0.406. The van der Waals surface area contributed by atoms with Gasteiger partial charge in [-0.1, -0.05) is 19.1 Å². The number of carbonyl (C=O) groups excluding carboxylic acids is 2. The van der Waals surface area contributed by atoms with Crippen LogP contribution in [0.25, 0.3) is 4.72 Å². The van der Waals surface area contributed by atoms with Gasteiger partial charge in [0.15, 0.2) is 11.8 Å². The second-order valence-corrected chi connectivity index (χ2v) is 6.74. The van der Waals surface area contributed by atoms with Crippen molar-refractivity contribution in [3.05, 3.63) is 46.3 Å². The predicted molar refractivity (Wildman–Crippen MR) is 102 cm³/mol. The van der Waals surface area contributed by atoms with E-state index in [1.54, 1.807) is 6.92 Å². The molecule has 0 atom stereocenters. The van der Waals surface area contributed by atoms with Gasteiger partial charge in [-0.2, -0.15) is 13.4 Å². The van der Waals surface area contributed by atoms with Gasteiger partial charge in [-0.3, -0.25) is 9.52 Å². The molecule has 2 aromatic rings. The van der Waals surface area contributed by atoms with Crippen LogP contribution in [0.5, 0.6) is 11.6 Å². The molecule has 1 heterocycles. The van der Waals surface area contributed by atoms with Crippen LogP contribution in [0.15, 0.2) is 30.3 Å². The van der Waals surface area contributed by atoms with E-state index in [2.05, 4.69) is 20.0 Å². The molecule has 0 saturated carbocycles. The van der Waals surface area contributed by atoms with Crippen LogP contribution in [-0.2, 0) is 15.0 Å². The number of anilines is 1. The normalized spacial score (nSPS) is 10.4. The Bertz CT molecular complexity index is 1000. The third kappa shape index (κ3) is 7.78. The molecule has 0 spiro atoms. The second-order valence-electron chi connectivity index (χ2n) is 5.54. The molecule has 156 valence electrons. The van der Waals surface area contributed by atoms with Crippen LogP contribution in [0.4, 0.5) is 10.7 Å². The molecule has 30 heavy (non-hydrogen) atoms. The van der Waals surface area contributed by atoms with Gasteiger partial charge in [-0.05, 0) is 25.5 Å². The summed E-state index contributed by atoms with van der Waals surface area (Å²) in [7, 11) is -3.36. The standard InChI is InChI=1S/C17H20N4O7S.Na/c1-4-9-27-15(22)12-7-5-6-8-13(12)28-29(24,25)21-17(23)20-16-18-11(2)10-14(19-16)26-3;/h5-8,10H,4,9H2,1-3H3,(H2,18,19,20,21,23);/q;+1/p-1. The molecule has 0 aliphatic carbocycles. The van der Waals surface area contributed by atoms with Crippen molar-refractivity contribution in [3.63, 3.8) is 0 Å². The third-order valence-corrected chi connectivity index (χ3v) is 3.97. The molecule has 2 rings (SSSR count). The number of amides is 2. The summed E-state index contributed by atoms with van der Waals surface area (Å²) in [6, 6.07) is 5.76. The van der Waals surface area contributed by atoms with Crippen LogP contribution in [-0.4, -0.2) is 44.1 Å². The zero-order valence-electron chi connectivity index (χ0n) is 16.9. The van der Waals surface area contributed by atoms with Crippen LogP contribution < -0.4 is 43.8 Å². The van der Waals surface area contributed by atoms with Gasteiger partial charge < -0.3 is 19.0 Å². The molecule has 1 aromatic heterocycles. The van der Waals surface area contributed by atoms with Gasteiger partial charge in [0.1, 0.15) is 11.5 Å². The Labute approximate surface area is 196 Å². The number of aryl methyl sites for hydroxylation is 1. The van der Waals surface area contributed by atoms with Crippen LogP contribution in [0.1, 0.15) is 29.4 Å². The van der Waals surface area contributed by atoms with E-state index in [-0.39, 0.29) is 59.3 Å². The summed E-state index contributed by atoms with van der Waals surface area (Å²) in [6.45, 7) is 3.60. The molecule has 0 saturated heterocycles. The Hall–Kier alpha value is -2.41. The van der Waals surface area contributed by atoms with Crippen LogP contribution in [0.2, 0.25) is 0 Å². The van der Waals surface area contributed by atoms with Crippen LogP contribution >= 0.6 is 0 Å². The van der Waals surface area contributed by atoms with Crippen molar-refractivity contribution in [1.82, 2.24) is 9.97 Å². The van der Waals surface area contributed by atoms with E-state index >= 15 is 0 Å². The maximum atomic E-state index is 12.1. The molecular weight excluding hydrogens is 427 g/mol. The number of methoxy groups -OCH3 is 1.